The summed E-state index contributed by atoms with van der Waals surface area (Å²) in [7, 11) is 4.45. The van der Waals surface area contributed by atoms with E-state index in [4.69, 9.17) is 0 Å². The van der Waals surface area contributed by atoms with Crippen LogP contribution in [0.5, 0.6) is 0 Å². The monoisotopic (exact) mass is 369 g/mol. The van der Waals surface area contributed by atoms with E-state index >= 15 is 0 Å². The zero-order valence-corrected chi connectivity index (χ0v) is 17.6. The van der Waals surface area contributed by atoms with Gasteiger partial charge in [0, 0.05) is 0 Å². The Morgan fingerprint density at radius 2 is 1.67 bits per heavy atom. The molecule has 0 saturated heterocycles. The van der Waals surface area contributed by atoms with E-state index in [-0.39, 0.29) is 44.0 Å². The van der Waals surface area contributed by atoms with Crippen molar-refractivity contribution in [1.29, 1.82) is 0 Å². The van der Waals surface area contributed by atoms with Crippen molar-refractivity contribution in [3.8, 4) is 0 Å². The van der Waals surface area contributed by atoms with Gasteiger partial charge in [-0.25, -0.2) is 0 Å². The average Bonchev–Trinajstić information content (AvgIpc) is 2.76. The third-order valence-corrected chi connectivity index (χ3v) is 6.76. The minimum Gasteiger partial charge on any atom is -0.147 e. The smallest absolute Gasteiger partial charge is 0.147 e. The molecule has 124 valence electrons. The van der Waals surface area contributed by atoms with Crippen LogP contribution in [0.1, 0.15) is 65.7 Å². The maximum Gasteiger partial charge on any atom is -0.147 e. The van der Waals surface area contributed by atoms with Gasteiger partial charge in [-0.1, -0.05) is 0 Å². The molecule has 0 bridgehead atoms. The van der Waals surface area contributed by atoms with Crippen LogP contribution in [0.2, 0.25) is 0 Å². The van der Waals surface area contributed by atoms with Crippen LogP contribution in [-0.2, 0) is 19.2 Å². The molecule has 0 N–H and O–H groups in total. The topological polar surface area (TPSA) is 3.24 Å². The molecule has 0 aliphatic heterocycles. The Morgan fingerprint density at radius 1 is 1.10 bits per heavy atom. The molecule has 0 amide bonds. The molecule has 1 aliphatic carbocycles. The molecule has 4 heteroatoms. The van der Waals surface area contributed by atoms with Crippen molar-refractivity contribution in [1.82, 2.24) is 4.90 Å². The van der Waals surface area contributed by atoms with Crippen LogP contribution in [0.15, 0.2) is 21.1 Å². The van der Waals surface area contributed by atoms with Gasteiger partial charge >= 0.3 is 129 Å². The molecular weight excluding hydrogens is 337 g/mol. The van der Waals surface area contributed by atoms with Crippen molar-refractivity contribution in [3.05, 3.63) is 21.1 Å². The Bertz CT molecular complexity index is 338. The van der Waals surface area contributed by atoms with Crippen LogP contribution >= 0.6 is 24.8 Å². The van der Waals surface area contributed by atoms with Gasteiger partial charge in [0.1, 0.15) is 0 Å². The molecule has 1 nitrogen and oxygen atoms in total. The normalized spacial score (nSPS) is 15.4. The Balaban J connectivity index is 0. The first kappa shape index (κ1) is 24.0. The van der Waals surface area contributed by atoms with Crippen LogP contribution in [0.4, 0.5) is 0 Å². The molecule has 1 aliphatic rings. The SMILES string of the molecule is CCCCC1=CC(CCCC)=[C]([Ti][CH](C)N(C)C)C1.Cl.Cl. The zero-order chi connectivity index (χ0) is 14.3. The summed E-state index contributed by atoms with van der Waals surface area (Å²) in [5.74, 6) is 0. The fourth-order valence-corrected chi connectivity index (χ4v) is 4.71. The van der Waals surface area contributed by atoms with Crippen LogP contribution in [0.25, 0.3) is 0 Å². The van der Waals surface area contributed by atoms with E-state index in [9.17, 15) is 0 Å². The summed E-state index contributed by atoms with van der Waals surface area (Å²) in [5, 5.41) is 0. The summed E-state index contributed by atoms with van der Waals surface area (Å²) in [6.45, 7) is 6.99. The molecule has 0 saturated carbocycles. The van der Waals surface area contributed by atoms with E-state index in [1.807, 2.05) is 3.88 Å². The van der Waals surface area contributed by atoms with Crippen molar-refractivity contribution in [2.24, 2.45) is 0 Å². The predicted molar refractivity (Wildman–Crippen MR) is 96.4 cm³/mol. The quantitative estimate of drug-likeness (QED) is 0.465. The summed E-state index contributed by atoms with van der Waals surface area (Å²) in [6.07, 6.45) is 11.9. The number of hydrogen-bond acceptors (Lipinski definition) is 1. The molecule has 0 heterocycles. The first-order chi connectivity index (χ1) is 9.08. The largest absolute Gasteiger partial charge is 0.147 e. The maximum atomic E-state index is 2.56. The number of unbranched alkanes of at least 4 members (excludes halogenated alkanes) is 2. The standard InChI is InChI=1S/C13H21.C4H10N.2ClH.Ti/c1-3-5-7-12-9-10-13(11-12)8-6-4-2;1-4-5(2)3;;;/h11H,3-9H2,1-2H3;4H,1-3H3;2*1H;. The van der Waals surface area contributed by atoms with Gasteiger partial charge in [-0.2, -0.15) is 0 Å². The Kier molecular flexibility index (Phi) is 15.1. The molecule has 0 aromatic carbocycles. The van der Waals surface area contributed by atoms with E-state index in [0.29, 0.717) is 0 Å². The fraction of sp³-hybridized carbons (Fsp3) is 0.765. The van der Waals surface area contributed by atoms with Crippen molar-refractivity contribution < 1.29 is 19.2 Å². The average molecular weight is 370 g/mol. The van der Waals surface area contributed by atoms with Gasteiger partial charge in [0.15, 0.2) is 0 Å². The van der Waals surface area contributed by atoms with Crippen LogP contribution < -0.4 is 0 Å². The molecule has 0 fully saturated rings. The van der Waals surface area contributed by atoms with Gasteiger partial charge < -0.3 is 0 Å². The summed E-state index contributed by atoms with van der Waals surface area (Å²) in [4.78, 5) is 2.40. The number of hydrogen-bond donors (Lipinski definition) is 0. The first-order valence-electron chi connectivity index (χ1n) is 7.92. The molecule has 1 rings (SSSR count). The number of rotatable bonds is 9. The molecule has 0 aromatic heterocycles. The number of allylic oxidation sites excluding steroid dienone is 4. The van der Waals surface area contributed by atoms with Crippen molar-refractivity contribution in [3.63, 3.8) is 0 Å². The Hall–Kier alpha value is 0.734. The summed E-state index contributed by atoms with van der Waals surface area (Å²) < 4.78 is 2.63. The van der Waals surface area contributed by atoms with Gasteiger partial charge in [0.2, 0.25) is 0 Å². The van der Waals surface area contributed by atoms with E-state index in [0.717, 1.165) is 4.35 Å². The van der Waals surface area contributed by atoms with E-state index in [1.54, 1.807) is 11.1 Å². The summed E-state index contributed by atoms with van der Waals surface area (Å²) in [6, 6.07) is 0. The number of halogens is 2. The van der Waals surface area contributed by atoms with E-state index in [1.165, 1.54) is 44.9 Å². The molecular formula is C17H33Cl2NTi. The van der Waals surface area contributed by atoms with Crippen LogP contribution in [0, 0.1) is 0 Å². The Morgan fingerprint density at radius 3 is 2.19 bits per heavy atom. The minimum absolute atomic E-state index is 0. The van der Waals surface area contributed by atoms with Crippen molar-refractivity contribution >= 4 is 24.8 Å². The molecule has 0 spiro atoms. The second kappa shape index (κ2) is 13.2. The second-order valence-electron chi connectivity index (χ2n) is 5.97. The van der Waals surface area contributed by atoms with Crippen LogP contribution in [-0.4, -0.2) is 23.3 Å². The van der Waals surface area contributed by atoms with E-state index < -0.39 is 0 Å². The molecule has 0 radical (unpaired) electrons. The van der Waals surface area contributed by atoms with Gasteiger partial charge in [-0.3, -0.25) is 0 Å². The predicted octanol–water partition coefficient (Wildman–Crippen LogP) is 5.78. The Labute approximate surface area is 153 Å². The number of nitrogens with zero attached hydrogens (tertiary/aromatic N) is 1. The third-order valence-electron chi connectivity index (χ3n) is 3.98. The third kappa shape index (κ3) is 8.81. The summed E-state index contributed by atoms with van der Waals surface area (Å²) >= 11 is 0.0237. The first-order valence-corrected chi connectivity index (χ1v) is 9.61. The van der Waals surface area contributed by atoms with Gasteiger partial charge in [0.05, 0.1) is 0 Å². The second-order valence-corrected chi connectivity index (χ2v) is 8.67. The van der Waals surface area contributed by atoms with Crippen molar-refractivity contribution in [2.75, 3.05) is 14.1 Å². The zero-order valence-electron chi connectivity index (χ0n) is 14.4. The van der Waals surface area contributed by atoms with Gasteiger partial charge in [-0.05, 0) is 0 Å². The molecule has 0 aromatic rings. The van der Waals surface area contributed by atoms with Gasteiger partial charge in [-0.15, -0.1) is 24.8 Å². The molecule has 21 heavy (non-hydrogen) atoms. The fourth-order valence-electron chi connectivity index (χ4n) is 2.40. The van der Waals surface area contributed by atoms with Gasteiger partial charge in [0.25, 0.3) is 0 Å². The summed E-state index contributed by atoms with van der Waals surface area (Å²) in [5.41, 5.74) is 3.44. The molecule has 1 unspecified atom stereocenters. The minimum atomic E-state index is 0. The van der Waals surface area contributed by atoms with E-state index in [2.05, 4.69) is 45.8 Å². The molecule has 1 atom stereocenters. The van der Waals surface area contributed by atoms with Crippen LogP contribution in [0.3, 0.4) is 0 Å². The maximum absolute atomic E-state index is 2.56. The van der Waals surface area contributed by atoms with Crippen molar-refractivity contribution in [2.45, 2.75) is 70.1 Å².